The molecule has 0 fully saturated rings. The molecule has 0 saturated carbocycles. The fourth-order valence-corrected chi connectivity index (χ4v) is 1.80. The first-order chi connectivity index (χ1) is 8.56. The summed E-state index contributed by atoms with van der Waals surface area (Å²) in [5.74, 6) is -0.0441. The van der Waals surface area contributed by atoms with E-state index in [1.54, 1.807) is 40.9 Å². The van der Waals surface area contributed by atoms with Gasteiger partial charge in [0.2, 0.25) is 0 Å². The highest BCUT2D eigenvalue weighted by atomic mass is 35.5. The topological polar surface area (TPSA) is 38.1 Å². The second kappa shape index (κ2) is 5.23. The summed E-state index contributed by atoms with van der Waals surface area (Å²) in [6.07, 6.45) is 1.86. The predicted molar refractivity (Wildman–Crippen MR) is 70.5 cm³/mol. The lowest BCUT2D eigenvalue weighted by molar-refractivity contribution is 0.0783. The van der Waals surface area contributed by atoms with Gasteiger partial charge < -0.3 is 4.90 Å². The molecule has 0 aliphatic rings. The van der Waals surface area contributed by atoms with Crippen LogP contribution >= 0.6 is 11.6 Å². The third kappa shape index (κ3) is 2.90. The molecule has 5 heteroatoms. The molecule has 94 valence electrons. The maximum atomic E-state index is 12.1. The van der Waals surface area contributed by atoms with E-state index in [-0.39, 0.29) is 5.91 Å². The number of carbonyl (C=O) groups is 1. The Morgan fingerprint density at radius 3 is 2.56 bits per heavy atom. The predicted octanol–water partition coefficient (Wildman–Crippen LogP) is 2.35. The van der Waals surface area contributed by atoms with Crippen LogP contribution in [0, 0.1) is 0 Å². The minimum absolute atomic E-state index is 0.0441. The number of aryl methyl sites for hydroxylation is 1. The third-order valence-electron chi connectivity index (χ3n) is 2.61. The number of hydrogen-bond acceptors (Lipinski definition) is 2. The lowest BCUT2D eigenvalue weighted by Gasteiger charge is -2.15. The van der Waals surface area contributed by atoms with E-state index < -0.39 is 0 Å². The molecule has 0 aliphatic heterocycles. The molecule has 0 bridgehead atoms. The number of halogens is 1. The normalized spacial score (nSPS) is 10.4. The van der Waals surface area contributed by atoms with E-state index in [9.17, 15) is 4.79 Å². The summed E-state index contributed by atoms with van der Waals surface area (Å²) < 4.78 is 1.72. The van der Waals surface area contributed by atoms with Crippen LogP contribution in [0.5, 0.6) is 0 Å². The number of hydrogen-bond donors (Lipinski definition) is 0. The molecule has 0 N–H and O–H groups in total. The number of aromatic nitrogens is 2. The summed E-state index contributed by atoms with van der Waals surface area (Å²) in [5.41, 5.74) is 1.49. The summed E-state index contributed by atoms with van der Waals surface area (Å²) in [7, 11) is 3.61. The van der Waals surface area contributed by atoms with Crippen molar-refractivity contribution in [3.05, 3.63) is 52.8 Å². The highest BCUT2D eigenvalue weighted by molar-refractivity contribution is 6.30. The van der Waals surface area contributed by atoms with Gasteiger partial charge in [0, 0.05) is 30.9 Å². The Hall–Kier alpha value is -1.81. The zero-order valence-corrected chi connectivity index (χ0v) is 11.1. The molecule has 0 spiro atoms. The Kier molecular flexibility index (Phi) is 3.67. The molecular formula is C13H14ClN3O. The quantitative estimate of drug-likeness (QED) is 0.853. The molecule has 1 aromatic carbocycles. The van der Waals surface area contributed by atoms with Crippen molar-refractivity contribution < 1.29 is 4.79 Å². The molecule has 1 heterocycles. The Bertz CT molecular complexity index is 548. The van der Waals surface area contributed by atoms with Gasteiger partial charge in [0.25, 0.3) is 5.91 Å². The summed E-state index contributed by atoms with van der Waals surface area (Å²) in [6, 6.07) is 8.76. The second-order valence-electron chi connectivity index (χ2n) is 4.15. The van der Waals surface area contributed by atoms with Gasteiger partial charge in [0.1, 0.15) is 0 Å². The molecule has 0 radical (unpaired) electrons. The lowest BCUT2D eigenvalue weighted by Crippen LogP contribution is -2.26. The van der Waals surface area contributed by atoms with Crippen molar-refractivity contribution in [2.24, 2.45) is 7.05 Å². The van der Waals surface area contributed by atoms with Crippen LogP contribution in [-0.4, -0.2) is 27.6 Å². The average Bonchev–Trinajstić information content (AvgIpc) is 2.75. The molecule has 18 heavy (non-hydrogen) atoms. The Morgan fingerprint density at radius 2 is 2.00 bits per heavy atom. The van der Waals surface area contributed by atoms with E-state index in [0.717, 1.165) is 5.69 Å². The van der Waals surface area contributed by atoms with E-state index in [1.165, 1.54) is 0 Å². The van der Waals surface area contributed by atoms with Gasteiger partial charge in [-0.1, -0.05) is 11.6 Å². The van der Waals surface area contributed by atoms with Crippen molar-refractivity contribution in [1.29, 1.82) is 0 Å². The van der Waals surface area contributed by atoms with Crippen LogP contribution in [0.4, 0.5) is 0 Å². The molecule has 2 aromatic rings. The van der Waals surface area contributed by atoms with Gasteiger partial charge in [-0.05, 0) is 30.3 Å². The molecule has 1 aromatic heterocycles. The van der Waals surface area contributed by atoms with Crippen LogP contribution in [-0.2, 0) is 13.6 Å². The highest BCUT2D eigenvalue weighted by Crippen LogP contribution is 2.12. The second-order valence-corrected chi connectivity index (χ2v) is 4.59. The average molecular weight is 264 g/mol. The molecule has 0 atom stereocenters. The van der Waals surface area contributed by atoms with Gasteiger partial charge in [-0.2, -0.15) is 5.10 Å². The van der Waals surface area contributed by atoms with Crippen molar-refractivity contribution in [3.8, 4) is 0 Å². The van der Waals surface area contributed by atoms with E-state index in [1.807, 2.05) is 19.3 Å². The number of carbonyl (C=O) groups excluding carboxylic acids is 1. The smallest absolute Gasteiger partial charge is 0.253 e. The van der Waals surface area contributed by atoms with Crippen LogP contribution in [0.25, 0.3) is 0 Å². The van der Waals surface area contributed by atoms with E-state index in [2.05, 4.69) is 5.10 Å². The van der Waals surface area contributed by atoms with Gasteiger partial charge in [-0.15, -0.1) is 0 Å². The van der Waals surface area contributed by atoms with Gasteiger partial charge >= 0.3 is 0 Å². The summed E-state index contributed by atoms with van der Waals surface area (Å²) in [6.45, 7) is 0.488. The maximum Gasteiger partial charge on any atom is 0.253 e. The minimum atomic E-state index is -0.0441. The van der Waals surface area contributed by atoms with Crippen molar-refractivity contribution in [2.75, 3.05) is 7.05 Å². The van der Waals surface area contributed by atoms with Crippen LogP contribution in [0.2, 0.25) is 5.02 Å². The fourth-order valence-electron chi connectivity index (χ4n) is 1.68. The number of rotatable bonds is 3. The van der Waals surface area contributed by atoms with Crippen LogP contribution in [0.1, 0.15) is 16.1 Å². The molecular weight excluding hydrogens is 250 g/mol. The summed E-state index contributed by atoms with van der Waals surface area (Å²) in [5, 5.41) is 4.87. The zero-order valence-electron chi connectivity index (χ0n) is 10.3. The number of amides is 1. The van der Waals surface area contributed by atoms with Crippen molar-refractivity contribution in [1.82, 2.24) is 14.7 Å². The minimum Gasteiger partial charge on any atom is -0.336 e. The van der Waals surface area contributed by atoms with E-state index >= 15 is 0 Å². The monoisotopic (exact) mass is 263 g/mol. The van der Waals surface area contributed by atoms with E-state index in [0.29, 0.717) is 17.1 Å². The molecule has 0 unspecified atom stereocenters. The first kappa shape index (κ1) is 12.6. The maximum absolute atomic E-state index is 12.1. The largest absolute Gasteiger partial charge is 0.336 e. The van der Waals surface area contributed by atoms with Crippen molar-refractivity contribution in [3.63, 3.8) is 0 Å². The SMILES string of the molecule is CN(Cc1ccn(C)n1)C(=O)c1ccc(Cl)cc1. The van der Waals surface area contributed by atoms with Crippen LogP contribution in [0.3, 0.4) is 0 Å². The zero-order chi connectivity index (χ0) is 13.1. The van der Waals surface area contributed by atoms with Gasteiger partial charge in [-0.3, -0.25) is 9.48 Å². The van der Waals surface area contributed by atoms with Gasteiger partial charge in [0.15, 0.2) is 0 Å². The van der Waals surface area contributed by atoms with Gasteiger partial charge in [-0.25, -0.2) is 0 Å². The Labute approximate surface area is 111 Å². The highest BCUT2D eigenvalue weighted by Gasteiger charge is 2.12. The van der Waals surface area contributed by atoms with Crippen molar-refractivity contribution >= 4 is 17.5 Å². The first-order valence-electron chi connectivity index (χ1n) is 5.56. The number of benzene rings is 1. The van der Waals surface area contributed by atoms with Crippen molar-refractivity contribution in [2.45, 2.75) is 6.54 Å². The fraction of sp³-hybridized carbons (Fsp3) is 0.231. The van der Waals surface area contributed by atoms with Crippen LogP contribution in [0.15, 0.2) is 36.5 Å². The Morgan fingerprint density at radius 1 is 1.33 bits per heavy atom. The standard InChI is InChI=1S/C13H14ClN3O/c1-16(9-12-7-8-17(2)15-12)13(18)10-3-5-11(14)6-4-10/h3-8H,9H2,1-2H3. The summed E-state index contributed by atoms with van der Waals surface area (Å²) in [4.78, 5) is 13.7. The lowest BCUT2D eigenvalue weighted by atomic mass is 10.2. The molecule has 0 saturated heterocycles. The first-order valence-corrected chi connectivity index (χ1v) is 5.93. The third-order valence-corrected chi connectivity index (χ3v) is 2.86. The molecule has 0 aliphatic carbocycles. The number of nitrogens with zero attached hydrogens (tertiary/aromatic N) is 3. The molecule has 4 nitrogen and oxygen atoms in total. The van der Waals surface area contributed by atoms with Crippen LogP contribution < -0.4 is 0 Å². The summed E-state index contributed by atoms with van der Waals surface area (Å²) >= 11 is 5.79. The molecule has 2 rings (SSSR count). The Balaban J connectivity index is 2.07. The van der Waals surface area contributed by atoms with E-state index in [4.69, 9.17) is 11.6 Å². The molecule has 1 amide bonds. The van der Waals surface area contributed by atoms with Gasteiger partial charge in [0.05, 0.1) is 12.2 Å².